The summed E-state index contributed by atoms with van der Waals surface area (Å²) in [6.45, 7) is 4.78. The van der Waals surface area contributed by atoms with Crippen LogP contribution < -0.4 is 5.32 Å². The summed E-state index contributed by atoms with van der Waals surface area (Å²) >= 11 is 0. The van der Waals surface area contributed by atoms with Gasteiger partial charge in [-0.15, -0.1) is 0 Å². The molecule has 0 aliphatic carbocycles. The fraction of sp³-hybridized carbons (Fsp3) is 0.884. The first kappa shape index (κ1) is 51.0. The zero-order valence-corrected chi connectivity index (χ0v) is 35.7. The molecule has 0 aliphatic heterocycles. The Morgan fingerprint density at radius 3 is 1.48 bits per heavy atom. The number of amides is 1. The number of hydrogen-bond acceptors (Lipinski definition) is 5. The van der Waals surface area contributed by atoms with Crippen LogP contribution in [0, 0.1) is 0 Å². The first-order chi connectivity index (χ1) is 25.0. The molecular formula is C43H86N2O6P+. The first-order valence-electron chi connectivity index (χ1n) is 21.7. The van der Waals surface area contributed by atoms with Gasteiger partial charge in [-0.2, -0.15) is 0 Å². The summed E-state index contributed by atoms with van der Waals surface area (Å²) < 4.78 is 23.5. The topological polar surface area (TPSA) is 105 Å². The Hall–Kier alpha value is -1.02. The fourth-order valence-electron chi connectivity index (χ4n) is 6.15. The highest BCUT2D eigenvalue weighted by molar-refractivity contribution is 7.47. The third-order valence-electron chi connectivity index (χ3n) is 9.67. The van der Waals surface area contributed by atoms with Crippen molar-refractivity contribution in [3.63, 3.8) is 0 Å². The molecule has 0 heterocycles. The van der Waals surface area contributed by atoms with Crippen molar-refractivity contribution >= 4 is 13.7 Å². The Balaban J connectivity index is 4.27. The van der Waals surface area contributed by atoms with E-state index in [1.165, 1.54) is 135 Å². The highest BCUT2D eigenvalue weighted by atomic mass is 31.2. The molecule has 0 aromatic heterocycles. The summed E-state index contributed by atoms with van der Waals surface area (Å²) in [7, 11) is 1.57. The van der Waals surface area contributed by atoms with Crippen LogP contribution in [0.2, 0.25) is 0 Å². The molecule has 0 radical (unpaired) electrons. The number of phosphoric ester groups is 1. The lowest BCUT2D eigenvalue weighted by molar-refractivity contribution is -0.870. The predicted octanol–water partition coefficient (Wildman–Crippen LogP) is 11.7. The molecule has 3 unspecified atom stereocenters. The molecule has 0 aromatic carbocycles. The van der Waals surface area contributed by atoms with Gasteiger partial charge < -0.3 is 19.8 Å². The second kappa shape index (κ2) is 35.7. The van der Waals surface area contributed by atoms with Gasteiger partial charge in [-0.3, -0.25) is 13.8 Å². The summed E-state index contributed by atoms with van der Waals surface area (Å²) in [5.41, 5.74) is 0. The molecular weight excluding hydrogens is 671 g/mol. The molecule has 3 atom stereocenters. The summed E-state index contributed by atoms with van der Waals surface area (Å²) in [4.78, 5) is 23.0. The molecule has 0 aromatic rings. The monoisotopic (exact) mass is 758 g/mol. The van der Waals surface area contributed by atoms with Crippen molar-refractivity contribution in [2.75, 3.05) is 40.9 Å². The molecule has 0 bridgehead atoms. The van der Waals surface area contributed by atoms with Gasteiger partial charge in [0, 0.05) is 6.42 Å². The Kier molecular flexibility index (Phi) is 35.0. The minimum Gasteiger partial charge on any atom is -0.387 e. The van der Waals surface area contributed by atoms with Crippen LogP contribution in [0.5, 0.6) is 0 Å². The Labute approximate surface area is 322 Å². The summed E-state index contributed by atoms with van der Waals surface area (Å²) in [6, 6.07) is -0.843. The van der Waals surface area contributed by atoms with E-state index in [2.05, 4.69) is 31.3 Å². The maximum absolute atomic E-state index is 12.8. The van der Waals surface area contributed by atoms with E-state index in [1.54, 1.807) is 6.08 Å². The number of phosphoric acid groups is 1. The SMILES string of the molecule is CCCCCCCCC/C=C/C(O)C(COP(=O)(O)OCC[N+](C)(C)C)NC(=O)CCCCCCCCC/C=C\CCCCCCCCCCCC. The molecule has 0 spiro atoms. The quantitative estimate of drug-likeness (QED) is 0.0250. The Morgan fingerprint density at radius 2 is 1.04 bits per heavy atom. The largest absolute Gasteiger partial charge is 0.472 e. The van der Waals surface area contributed by atoms with Crippen molar-refractivity contribution in [1.82, 2.24) is 5.32 Å². The number of carbonyl (C=O) groups excluding carboxylic acids is 1. The first-order valence-corrected chi connectivity index (χ1v) is 23.2. The second-order valence-electron chi connectivity index (χ2n) is 16.1. The number of aliphatic hydroxyl groups is 1. The number of likely N-dealkylation sites (N-methyl/N-ethyl adjacent to an activating group) is 1. The van der Waals surface area contributed by atoms with E-state index in [0.29, 0.717) is 17.4 Å². The summed E-state index contributed by atoms with van der Waals surface area (Å²) in [5, 5.41) is 13.7. The van der Waals surface area contributed by atoms with E-state index in [1.807, 2.05) is 27.2 Å². The van der Waals surface area contributed by atoms with E-state index < -0.39 is 20.0 Å². The van der Waals surface area contributed by atoms with Crippen LogP contribution in [-0.2, 0) is 18.4 Å². The van der Waals surface area contributed by atoms with Crippen molar-refractivity contribution in [3.8, 4) is 0 Å². The number of quaternary nitrogens is 1. The fourth-order valence-corrected chi connectivity index (χ4v) is 6.89. The molecule has 1 amide bonds. The van der Waals surface area contributed by atoms with E-state index in [-0.39, 0.29) is 19.1 Å². The molecule has 3 N–H and O–H groups in total. The van der Waals surface area contributed by atoms with Crippen molar-refractivity contribution in [1.29, 1.82) is 0 Å². The molecule has 0 aliphatic rings. The second-order valence-corrected chi connectivity index (χ2v) is 17.5. The number of nitrogens with one attached hydrogen (secondary N) is 1. The Bertz CT molecular complexity index is 907. The van der Waals surface area contributed by atoms with Crippen molar-refractivity contribution < 1.29 is 32.9 Å². The molecule has 0 rings (SSSR count). The number of unbranched alkanes of at least 4 members (excludes halogenated alkanes) is 24. The normalized spacial score (nSPS) is 14.7. The third-order valence-corrected chi connectivity index (χ3v) is 10.6. The van der Waals surface area contributed by atoms with Gasteiger partial charge in [-0.05, 0) is 44.9 Å². The third kappa shape index (κ3) is 37.3. The lowest BCUT2D eigenvalue weighted by Gasteiger charge is -2.25. The molecule has 8 nitrogen and oxygen atoms in total. The van der Waals surface area contributed by atoms with Gasteiger partial charge in [0.05, 0.1) is 39.9 Å². The average molecular weight is 758 g/mol. The smallest absolute Gasteiger partial charge is 0.387 e. The predicted molar refractivity (Wildman–Crippen MR) is 221 cm³/mol. The molecule has 52 heavy (non-hydrogen) atoms. The number of aliphatic hydroxyl groups excluding tert-OH is 1. The number of carbonyl (C=O) groups is 1. The lowest BCUT2D eigenvalue weighted by atomic mass is 10.1. The highest BCUT2D eigenvalue weighted by Gasteiger charge is 2.27. The lowest BCUT2D eigenvalue weighted by Crippen LogP contribution is -2.45. The van der Waals surface area contributed by atoms with Crippen LogP contribution in [0.1, 0.15) is 194 Å². The highest BCUT2D eigenvalue weighted by Crippen LogP contribution is 2.43. The summed E-state index contributed by atoms with van der Waals surface area (Å²) in [6.07, 6.45) is 41.1. The van der Waals surface area contributed by atoms with Crippen LogP contribution in [0.4, 0.5) is 0 Å². The zero-order valence-electron chi connectivity index (χ0n) is 34.8. The van der Waals surface area contributed by atoms with Crippen molar-refractivity contribution in [3.05, 3.63) is 24.3 Å². The van der Waals surface area contributed by atoms with Gasteiger partial charge in [0.25, 0.3) is 0 Å². The van der Waals surface area contributed by atoms with E-state index in [9.17, 15) is 19.4 Å². The van der Waals surface area contributed by atoms with Crippen molar-refractivity contribution in [2.24, 2.45) is 0 Å². The van der Waals surface area contributed by atoms with Crippen LogP contribution in [0.15, 0.2) is 24.3 Å². The molecule has 308 valence electrons. The zero-order chi connectivity index (χ0) is 38.6. The Morgan fingerprint density at radius 1 is 0.635 bits per heavy atom. The van der Waals surface area contributed by atoms with Gasteiger partial charge in [0.2, 0.25) is 5.91 Å². The van der Waals surface area contributed by atoms with Gasteiger partial charge in [-0.1, -0.05) is 167 Å². The number of allylic oxidation sites excluding steroid dienone is 3. The minimum absolute atomic E-state index is 0.0612. The van der Waals surface area contributed by atoms with E-state index in [4.69, 9.17) is 9.05 Å². The average Bonchev–Trinajstić information content (AvgIpc) is 3.09. The number of rotatable bonds is 39. The standard InChI is InChI=1S/C43H85N2O6P/c1-6-8-10-12-14-16-17-18-19-20-21-22-23-24-25-26-27-29-31-33-35-37-43(47)44-41(40-51-52(48,49)50-39-38-45(3,4)5)42(46)36-34-32-30-28-15-13-11-9-7-2/h22-23,34,36,41-42,46H,6-21,24-33,35,37-40H2,1-5H3,(H-,44,47,48,49)/p+1/b23-22-,36-34+. The molecule has 9 heteroatoms. The van der Waals surface area contributed by atoms with E-state index >= 15 is 0 Å². The molecule has 0 saturated carbocycles. The number of hydrogen-bond donors (Lipinski definition) is 3. The van der Waals surface area contributed by atoms with Gasteiger partial charge in [0.1, 0.15) is 13.2 Å². The van der Waals surface area contributed by atoms with Crippen LogP contribution in [0.25, 0.3) is 0 Å². The van der Waals surface area contributed by atoms with E-state index in [0.717, 1.165) is 38.5 Å². The molecule has 0 fully saturated rings. The van der Waals surface area contributed by atoms with Crippen LogP contribution in [-0.4, -0.2) is 73.4 Å². The minimum atomic E-state index is -4.33. The van der Waals surface area contributed by atoms with Gasteiger partial charge in [0.15, 0.2) is 0 Å². The van der Waals surface area contributed by atoms with Gasteiger partial charge in [-0.25, -0.2) is 4.57 Å². The van der Waals surface area contributed by atoms with Crippen LogP contribution >= 0.6 is 7.82 Å². The van der Waals surface area contributed by atoms with Crippen LogP contribution in [0.3, 0.4) is 0 Å². The van der Waals surface area contributed by atoms with Gasteiger partial charge >= 0.3 is 7.82 Å². The number of nitrogens with zero attached hydrogens (tertiary/aromatic N) is 1. The van der Waals surface area contributed by atoms with Crippen molar-refractivity contribution in [2.45, 2.75) is 206 Å². The summed E-state index contributed by atoms with van der Waals surface area (Å²) in [5.74, 6) is -0.184. The molecule has 0 saturated heterocycles. The maximum atomic E-state index is 12.8. The maximum Gasteiger partial charge on any atom is 0.472 e.